The highest BCUT2D eigenvalue weighted by molar-refractivity contribution is 6.01. The molecule has 1 heterocycles. The van der Waals surface area contributed by atoms with Crippen molar-refractivity contribution in [2.75, 3.05) is 46.4 Å². The number of fused-ring (bicyclic) bond motifs is 1. The number of carbonyl (C=O) groups is 2. The summed E-state index contributed by atoms with van der Waals surface area (Å²) in [5, 5.41) is 3.12. The summed E-state index contributed by atoms with van der Waals surface area (Å²) in [6, 6.07) is 12.8. The molecule has 1 N–H and O–H groups in total. The van der Waals surface area contributed by atoms with Gasteiger partial charge in [-0.05, 0) is 55.3 Å². The second kappa shape index (κ2) is 12.6. The van der Waals surface area contributed by atoms with Gasteiger partial charge in [0, 0.05) is 32.3 Å². The average molecular weight is 470 g/mol. The third-order valence-electron chi connectivity index (χ3n) is 6.28. The maximum atomic E-state index is 13.7. The van der Waals surface area contributed by atoms with E-state index in [2.05, 4.69) is 24.1 Å². The van der Waals surface area contributed by atoms with Crippen LogP contribution in [0.25, 0.3) is 0 Å². The molecule has 2 atom stereocenters. The zero-order valence-corrected chi connectivity index (χ0v) is 20.4. The van der Waals surface area contributed by atoms with E-state index in [1.54, 1.807) is 30.2 Å². The summed E-state index contributed by atoms with van der Waals surface area (Å²) < 4.78 is 19.0. The van der Waals surface area contributed by atoms with Crippen molar-refractivity contribution in [3.63, 3.8) is 0 Å². The second-order valence-corrected chi connectivity index (χ2v) is 8.69. The smallest absolute Gasteiger partial charge is 0.254 e. The molecule has 2 amide bonds. The van der Waals surface area contributed by atoms with Crippen LogP contribution in [0.4, 0.5) is 4.39 Å². The van der Waals surface area contributed by atoms with E-state index in [-0.39, 0.29) is 17.6 Å². The minimum atomic E-state index is -0.609. The maximum absolute atomic E-state index is 13.7. The SMILES string of the molecule is CCCN(CCC)CCNC(=O)[C@H]1c2ccccc2C(=O)N(CCOC)[C@@H]1c1ccc(F)cc1. The number of ether oxygens (including phenoxy) is 1. The van der Waals surface area contributed by atoms with Gasteiger partial charge in [-0.2, -0.15) is 0 Å². The number of hydrogen-bond donors (Lipinski definition) is 1. The summed E-state index contributed by atoms with van der Waals surface area (Å²) in [4.78, 5) is 31.1. The molecule has 0 saturated heterocycles. The van der Waals surface area contributed by atoms with Crippen molar-refractivity contribution in [3.8, 4) is 0 Å². The Labute approximate surface area is 202 Å². The zero-order chi connectivity index (χ0) is 24.5. The third kappa shape index (κ3) is 6.02. The van der Waals surface area contributed by atoms with E-state index in [1.807, 2.05) is 18.2 Å². The zero-order valence-electron chi connectivity index (χ0n) is 20.4. The van der Waals surface area contributed by atoms with Crippen molar-refractivity contribution in [3.05, 3.63) is 71.0 Å². The molecular weight excluding hydrogens is 433 g/mol. The Morgan fingerprint density at radius 3 is 2.38 bits per heavy atom. The first kappa shape index (κ1) is 25.8. The highest BCUT2D eigenvalue weighted by Gasteiger charge is 2.43. The van der Waals surface area contributed by atoms with E-state index in [0.717, 1.165) is 38.0 Å². The fourth-order valence-corrected chi connectivity index (χ4v) is 4.76. The van der Waals surface area contributed by atoms with Crippen molar-refractivity contribution in [2.24, 2.45) is 0 Å². The Morgan fingerprint density at radius 1 is 1.06 bits per heavy atom. The number of nitrogens with zero attached hydrogens (tertiary/aromatic N) is 2. The number of carbonyl (C=O) groups excluding carboxylic acids is 2. The average Bonchev–Trinajstić information content (AvgIpc) is 2.84. The monoisotopic (exact) mass is 469 g/mol. The van der Waals surface area contributed by atoms with Crippen LogP contribution >= 0.6 is 0 Å². The van der Waals surface area contributed by atoms with Gasteiger partial charge in [-0.15, -0.1) is 0 Å². The fourth-order valence-electron chi connectivity index (χ4n) is 4.76. The minimum absolute atomic E-state index is 0.135. The summed E-state index contributed by atoms with van der Waals surface area (Å²) >= 11 is 0. The molecule has 0 aromatic heterocycles. The van der Waals surface area contributed by atoms with Crippen molar-refractivity contribution in [1.82, 2.24) is 15.1 Å². The van der Waals surface area contributed by atoms with Gasteiger partial charge >= 0.3 is 0 Å². The molecule has 1 aliphatic heterocycles. The number of halogens is 1. The molecule has 0 radical (unpaired) electrons. The number of hydrogen-bond acceptors (Lipinski definition) is 4. The Morgan fingerprint density at radius 2 is 1.74 bits per heavy atom. The number of amides is 2. The van der Waals surface area contributed by atoms with E-state index >= 15 is 0 Å². The van der Waals surface area contributed by atoms with Gasteiger partial charge in [-0.1, -0.05) is 44.2 Å². The van der Waals surface area contributed by atoms with Gasteiger partial charge in [0.1, 0.15) is 5.82 Å². The molecule has 0 saturated carbocycles. The van der Waals surface area contributed by atoms with Gasteiger partial charge in [0.2, 0.25) is 5.91 Å². The first-order valence-corrected chi connectivity index (χ1v) is 12.2. The Bertz CT molecular complexity index is 944. The molecule has 7 heteroatoms. The van der Waals surface area contributed by atoms with Crippen LogP contribution < -0.4 is 5.32 Å². The summed E-state index contributed by atoms with van der Waals surface area (Å²) in [6.07, 6.45) is 2.13. The van der Waals surface area contributed by atoms with Crippen LogP contribution in [0.2, 0.25) is 0 Å². The molecule has 0 unspecified atom stereocenters. The number of nitrogens with one attached hydrogen (secondary N) is 1. The van der Waals surface area contributed by atoms with E-state index in [1.165, 1.54) is 12.1 Å². The fraction of sp³-hybridized carbons (Fsp3) is 0.481. The van der Waals surface area contributed by atoms with Crippen LogP contribution in [-0.4, -0.2) is 68.1 Å². The Kier molecular flexibility index (Phi) is 9.60. The van der Waals surface area contributed by atoms with Crippen LogP contribution in [-0.2, 0) is 9.53 Å². The molecule has 6 nitrogen and oxygen atoms in total. The highest BCUT2D eigenvalue weighted by Crippen LogP contribution is 2.42. The van der Waals surface area contributed by atoms with Gasteiger partial charge in [0.25, 0.3) is 5.91 Å². The molecule has 0 bridgehead atoms. The van der Waals surface area contributed by atoms with Crippen LogP contribution in [0.15, 0.2) is 48.5 Å². The molecule has 2 aromatic carbocycles. The lowest BCUT2D eigenvalue weighted by Crippen LogP contribution is -2.49. The summed E-state index contributed by atoms with van der Waals surface area (Å²) in [7, 11) is 1.58. The number of methoxy groups -OCH3 is 1. The molecule has 184 valence electrons. The predicted octanol–water partition coefficient (Wildman–Crippen LogP) is 3.99. The van der Waals surface area contributed by atoms with Crippen molar-refractivity contribution >= 4 is 11.8 Å². The normalized spacial score (nSPS) is 17.7. The van der Waals surface area contributed by atoms with Gasteiger partial charge in [0.05, 0.1) is 18.6 Å². The molecule has 34 heavy (non-hydrogen) atoms. The first-order valence-electron chi connectivity index (χ1n) is 12.2. The van der Waals surface area contributed by atoms with Crippen molar-refractivity contribution < 1.29 is 18.7 Å². The first-order chi connectivity index (χ1) is 16.5. The lowest BCUT2D eigenvalue weighted by molar-refractivity contribution is -0.124. The topological polar surface area (TPSA) is 61.9 Å². The van der Waals surface area contributed by atoms with E-state index in [4.69, 9.17) is 4.74 Å². The van der Waals surface area contributed by atoms with Crippen LogP contribution in [0, 0.1) is 5.82 Å². The number of rotatable bonds is 12. The maximum Gasteiger partial charge on any atom is 0.254 e. The standard InChI is InChI=1S/C27H36FN3O3/c1-4-15-30(16-5-2)17-14-29-26(32)24-22-8-6-7-9-23(22)27(33)31(18-19-34-3)25(24)20-10-12-21(28)13-11-20/h6-13,24-25H,4-5,14-19H2,1-3H3,(H,29,32)/t24-,25+/m0/s1. The Balaban J connectivity index is 1.94. The van der Waals surface area contributed by atoms with Crippen LogP contribution in [0.5, 0.6) is 0 Å². The summed E-state index contributed by atoms with van der Waals surface area (Å²) in [5.74, 6) is -1.25. The lowest BCUT2D eigenvalue weighted by Gasteiger charge is -2.41. The molecule has 3 rings (SSSR count). The van der Waals surface area contributed by atoms with Crippen molar-refractivity contribution in [2.45, 2.75) is 38.6 Å². The lowest BCUT2D eigenvalue weighted by atomic mass is 9.79. The van der Waals surface area contributed by atoms with Gasteiger partial charge in [-0.25, -0.2) is 4.39 Å². The molecule has 0 aliphatic carbocycles. The second-order valence-electron chi connectivity index (χ2n) is 8.69. The third-order valence-corrected chi connectivity index (χ3v) is 6.28. The van der Waals surface area contributed by atoms with Crippen molar-refractivity contribution in [1.29, 1.82) is 0 Å². The van der Waals surface area contributed by atoms with Gasteiger partial charge in [0.15, 0.2) is 0 Å². The summed E-state index contributed by atoms with van der Waals surface area (Å²) in [5.41, 5.74) is 1.95. The summed E-state index contributed by atoms with van der Waals surface area (Å²) in [6.45, 7) is 8.26. The number of benzene rings is 2. The predicted molar refractivity (Wildman–Crippen MR) is 131 cm³/mol. The highest BCUT2D eigenvalue weighted by atomic mass is 19.1. The molecular formula is C27H36FN3O3. The quantitative estimate of drug-likeness (QED) is 0.511. The van der Waals surface area contributed by atoms with Crippen LogP contribution in [0.1, 0.15) is 60.1 Å². The molecule has 2 aromatic rings. The van der Waals surface area contributed by atoms with E-state index in [0.29, 0.717) is 30.8 Å². The van der Waals surface area contributed by atoms with Crippen LogP contribution in [0.3, 0.4) is 0 Å². The Hall–Kier alpha value is -2.77. The largest absolute Gasteiger partial charge is 0.383 e. The van der Waals surface area contributed by atoms with Gasteiger partial charge < -0.3 is 19.9 Å². The molecule has 0 spiro atoms. The molecule has 0 fully saturated rings. The van der Waals surface area contributed by atoms with Gasteiger partial charge in [-0.3, -0.25) is 9.59 Å². The van der Waals surface area contributed by atoms with E-state index < -0.39 is 12.0 Å². The van der Waals surface area contributed by atoms with E-state index in [9.17, 15) is 14.0 Å². The molecule has 1 aliphatic rings. The minimum Gasteiger partial charge on any atom is -0.383 e.